The van der Waals surface area contributed by atoms with E-state index in [9.17, 15) is 9.59 Å². The Bertz CT molecular complexity index is 691. The first kappa shape index (κ1) is 14.0. The molecule has 0 amide bonds. The minimum atomic E-state index is -0.406. The van der Waals surface area contributed by atoms with Crippen LogP contribution < -0.4 is 4.74 Å². The first-order valence-electron chi connectivity index (χ1n) is 6.70. The van der Waals surface area contributed by atoms with Gasteiger partial charge in [0.1, 0.15) is 5.75 Å². The summed E-state index contributed by atoms with van der Waals surface area (Å²) in [7, 11) is 0. The van der Waals surface area contributed by atoms with E-state index in [2.05, 4.69) is 15.9 Å². The molecule has 3 nitrogen and oxygen atoms in total. The van der Waals surface area contributed by atoms with Crippen LogP contribution in [0.3, 0.4) is 0 Å². The number of Topliss-reactive ketones (excluding diaryl/α,β-unsaturated/α-hetero) is 2. The van der Waals surface area contributed by atoms with Crippen LogP contribution in [0.25, 0.3) is 0 Å². The van der Waals surface area contributed by atoms with Gasteiger partial charge in [0.2, 0.25) is 0 Å². The van der Waals surface area contributed by atoms with E-state index in [-0.39, 0.29) is 24.6 Å². The topological polar surface area (TPSA) is 43.4 Å². The summed E-state index contributed by atoms with van der Waals surface area (Å²) in [5.41, 5.74) is 1.18. The number of carbonyl (C=O) groups excluding carboxylic acids is 2. The van der Waals surface area contributed by atoms with E-state index in [0.717, 1.165) is 4.47 Å². The first-order valence-corrected chi connectivity index (χ1v) is 7.49. The van der Waals surface area contributed by atoms with Gasteiger partial charge >= 0.3 is 0 Å². The molecule has 1 aliphatic rings. The third kappa shape index (κ3) is 2.90. The van der Waals surface area contributed by atoms with Gasteiger partial charge in [-0.15, -0.1) is 0 Å². The number of carbonyl (C=O) groups is 2. The van der Waals surface area contributed by atoms with E-state index >= 15 is 0 Å². The average molecular weight is 345 g/mol. The molecule has 106 valence electrons. The molecule has 1 unspecified atom stereocenters. The summed E-state index contributed by atoms with van der Waals surface area (Å²) in [6.45, 7) is 0.262. The lowest BCUT2D eigenvalue weighted by molar-refractivity contribution is 0.0768. The van der Waals surface area contributed by atoms with E-state index in [4.69, 9.17) is 4.74 Å². The van der Waals surface area contributed by atoms with Crippen LogP contribution in [0.5, 0.6) is 5.75 Å². The summed E-state index contributed by atoms with van der Waals surface area (Å²) < 4.78 is 6.50. The zero-order chi connectivity index (χ0) is 14.8. The lowest BCUT2D eigenvalue weighted by atomic mass is 9.89. The van der Waals surface area contributed by atoms with Crippen LogP contribution >= 0.6 is 15.9 Å². The largest absolute Gasteiger partial charge is 0.492 e. The molecule has 0 N–H and O–H groups in total. The Morgan fingerprint density at radius 1 is 1.14 bits per heavy atom. The molecular weight excluding hydrogens is 332 g/mol. The second-order valence-electron chi connectivity index (χ2n) is 5.00. The van der Waals surface area contributed by atoms with Crippen LogP contribution in [-0.4, -0.2) is 18.2 Å². The minimum Gasteiger partial charge on any atom is -0.492 e. The number of para-hydroxylation sites is 1. The summed E-state index contributed by atoms with van der Waals surface area (Å²) in [6, 6.07) is 14.3. The van der Waals surface area contributed by atoms with Gasteiger partial charge in [0.05, 0.1) is 18.1 Å². The monoisotopic (exact) mass is 344 g/mol. The zero-order valence-corrected chi connectivity index (χ0v) is 12.8. The molecule has 0 saturated heterocycles. The summed E-state index contributed by atoms with van der Waals surface area (Å²) >= 11 is 3.34. The van der Waals surface area contributed by atoms with Crippen molar-refractivity contribution in [2.24, 2.45) is 5.92 Å². The lowest BCUT2D eigenvalue weighted by Gasteiger charge is -2.23. The maximum Gasteiger partial charge on any atom is 0.173 e. The Morgan fingerprint density at radius 3 is 2.62 bits per heavy atom. The van der Waals surface area contributed by atoms with Crippen molar-refractivity contribution < 1.29 is 14.3 Å². The number of hydrogen-bond donors (Lipinski definition) is 0. The summed E-state index contributed by atoms with van der Waals surface area (Å²) in [5.74, 6) is 0.150. The molecule has 0 saturated carbocycles. The second-order valence-corrected chi connectivity index (χ2v) is 5.92. The highest BCUT2D eigenvalue weighted by atomic mass is 79.9. The van der Waals surface area contributed by atoms with Crippen LogP contribution in [0.15, 0.2) is 53.0 Å². The van der Waals surface area contributed by atoms with Gasteiger partial charge in [0.15, 0.2) is 11.6 Å². The Balaban J connectivity index is 1.76. The van der Waals surface area contributed by atoms with Crippen molar-refractivity contribution in [1.29, 1.82) is 0 Å². The second kappa shape index (κ2) is 5.82. The van der Waals surface area contributed by atoms with Gasteiger partial charge in [-0.25, -0.2) is 0 Å². The Morgan fingerprint density at radius 2 is 1.86 bits per heavy atom. The Kier molecular flexibility index (Phi) is 3.88. The highest BCUT2D eigenvalue weighted by Crippen LogP contribution is 2.29. The fourth-order valence-electron chi connectivity index (χ4n) is 2.41. The standard InChI is InChI=1S/C17H13BrO3/c18-13-7-5-11(6-8-13)15(19)9-12-10-21-16-4-2-1-3-14(16)17(12)20/h1-8,12H,9-10H2. The molecule has 1 atom stereocenters. The summed E-state index contributed by atoms with van der Waals surface area (Å²) in [5, 5.41) is 0. The highest BCUT2D eigenvalue weighted by molar-refractivity contribution is 9.10. The number of halogens is 1. The first-order chi connectivity index (χ1) is 10.1. The quantitative estimate of drug-likeness (QED) is 0.792. The van der Waals surface area contributed by atoms with Crippen LogP contribution in [0.2, 0.25) is 0 Å². The molecule has 2 aromatic carbocycles. The number of rotatable bonds is 3. The van der Waals surface area contributed by atoms with Crippen molar-refractivity contribution >= 4 is 27.5 Å². The molecule has 21 heavy (non-hydrogen) atoms. The normalized spacial score (nSPS) is 17.0. The van der Waals surface area contributed by atoms with Crippen molar-refractivity contribution in [1.82, 2.24) is 0 Å². The van der Waals surface area contributed by atoms with Crippen LogP contribution in [0, 0.1) is 5.92 Å². The third-order valence-electron chi connectivity index (χ3n) is 3.56. The van der Waals surface area contributed by atoms with E-state index < -0.39 is 5.92 Å². The molecule has 1 heterocycles. The molecule has 0 radical (unpaired) electrons. The zero-order valence-electron chi connectivity index (χ0n) is 11.2. The number of ketones is 2. The van der Waals surface area contributed by atoms with Gasteiger partial charge in [-0.2, -0.15) is 0 Å². The van der Waals surface area contributed by atoms with Crippen molar-refractivity contribution in [3.8, 4) is 5.75 Å². The fraction of sp³-hybridized carbons (Fsp3) is 0.176. The molecule has 0 fully saturated rings. The van der Waals surface area contributed by atoms with E-state index in [1.807, 2.05) is 18.2 Å². The molecule has 1 aliphatic heterocycles. The van der Waals surface area contributed by atoms with Crippen molar-refractivity contribution in [3.05, 3.63) is 64.1 Å². The molecule has 0 bridgehead atoms. The van der Waals surface area contributed by atoms with Gasteiger partial charge in [-0.05, 0) is 24.3 Å². The molecular formula is C17H13BrO3. The van der Waals surface area contributed by atoms with E-state index in [1.165, 1.54) is 0 Å². The average Bonchev–Trinajstić information content (AvgIpc) is 2.51. The van der Waals surface area contributed by atoms with Crippen LogP contribution in [0.4, 0.5) is 0 Å². The maximum atomic E-state index is 12.4. The van der Waals surface area contributed by atoms with Crippen LogP contribution in [0.1, 0.15) is 27.1 Å². The molecule has 4 heteroatoms. The van der Waals surface area contributed by atoms with Gasteiger partial charge in [-0.3, -0.25) is 9.59 Å². The predicted octanol–water partition coefficient (Wildman–Crippen LogP) is 3.91. The van der Waals surface area contributed by atoms with Gasteiger partial charge in [0.25, 0.3) is 0 Å². The van der Waals surface area contributed by atoms with Crippen molar-refractivity contribution in [2.75, 3.05) is 6.61 Å². The SMILES string of the molecule is O=C(CC1COc2ccccc2C1=O)c1ccc(Br)cc1. The smallest absolute Gasteiger partial charge is 0.173 e. The highest BCUT2D eigenvalue weighted by Gasteiger charge is 2.30. The van der Waals surface area contributed by atoms with Crippen molar-refractivity contribution in [2.45, 2.75) is 6.42 Å². The number of benzene rings is 2. The van der Waals surface area contributed by atoms with E-state index in [0.29, 0.717) is 16.9 Å². The number of hydrogen-bond acceptors (Lipinski definition) is 3. The molecule has 0 aliphatic carbocycles. The molecule has 0 aromatic heterocycles. The number of fused-ring (bicyclic) bond motifs is 1. The third-order valence-corrected chi connectivity index (χ3v) is 4.09. The molecule has 0 spiro atoms. The van der Waals surface area contributed by atoms with Gasteiger partial charge < -0.3 is 4.74 Å². The Labute approximate surface area is 131 Å². The van der Waals surface area contributed by atoms with Crippen molar-refractivity contribution in [3.63, 3.8) is 0 Å². The summed E-state index contributed by atoms with van der Waals surface area (Å²) in [4.78, 5) is 24.7. The fourth-order valence-corrected chi connectivity index (χ4v) is 2.68. The van der Waals surface area contributed by atoms with Gasteiger partial charge in [-0.1, -0.05) is 40.2 Å². The molecule has 2 aromatic rings. The van der Waals surface area contributed by atoms with Gasteiger partial charge in [0, 0.05) is 16.5 Å². The lowest BCUT2D eigenvalue weighted by Crippen LogP contribution is -2.29. The minimum absolute atomic E-state index is 0.0117. The van der Waals surface area contributed by atoms with Crippen LogP contribution in [-0.2, 0) is 0 Å². The summed E-state index contributed by atoms with van der Waals surface area (Å²) in [6.07, 6.45) is 0.175. The Hall–Kier alpha value is -1.94. The number of ether oxygens (including phenoxy) is 1. The van der Waals surface area contributed by atoms with E-state index in [1.54, 1.807) is 30.3 Å². The predicted molar refractivity (Wildman–Crippen MR) is 82.8 cm³/mol. The molecule has 3 rings (SSSR count). The maximum absolute atomic E-state index is 12.4.